The lowest BCUT2D eigenvalue weighted by Crippen LogP contribution is -2.34. The quantitative estimate of drug-likeness (QED) is 0.171. The van der Waals surface area contributed by atoms with Crippen LogP contribution in [0.1, 0.15) is 41.5 Å². The number of amidine groups is 2. The molecule has 0 heterocycles. The van der Waals surface area contributed by atoms with E-state index in [4.69, 9.17) is 37.8 Å². The first-order valence-corrected chi connectivity index (χ1v) is 11.5. The van der Waals surface area contributed by atoms with Crippen LogP contribution in [0.5, 0.6) is 0 Å². The van der Waals surface area contributed by atoms with E-state index in [9.17, 15) is 9.59 Å². The Bertz CT molecular complexity index is 605. The normalized spacial score (nSPS) is 10.8. The van der Waals surface area contributed by atoms with Crippen LogP contribution in [0.2, 0.25) is 0 Å². The van der Waals surface area contributed by atoms with E-state index in [0.717, 1.165) is 23.5 Å². The zero-order chi connectivity index (χ0) is 24.1. The molecule has 0 rings (SSSR count). The van der Waals surface area contributed by atoms with Crippen LogP contribution in [0, 0.1) is 10.8 Å². The summed E-state index contributed by atoms with van der Waals surface area (Å²) >= 11 is 2.30. The molecule has 0 aliphatic rings. The van der Waals surface area contributed by atoms with Crippen molar-refractivity contribution in [2.75, 3.05) is 12.5 Å². The van der Waals surface area contributed by atoms with Gasteiger partial charge in [0.15, 0.2) is 10.3 Å². The first-order chi connectivity index (χ1) is 12.7. The third kappa shape index (κ3) is 37.8. The van der Waals surface area contributed by atoms with Crippen molar-refractivity contribution in [2.24, 2.45) is 0 Å². The van der Waals surface area contributed by atoms with Crippen LogP contribution < -0.4 is 10.6 Å². The first kappa shape index (κ1) is 32.1. The highest BCUT2D eigenvalue weighted by Gasteiger charge is 2.17. The molecule has 0 aliphatic heterocycles. The van der Waals surface area contributed by atoms with Gasteiger partial charge in [0, 0.05) is 0 Å². The van der Waals surface area contributed by atoms with E-state index in [1.165, 1.54) is 0 Å². The molecule has 12 nitrogen and oxygen atoms in total. The average molecular weight is 479 g/mol. The molecule has 0 unspecified atom stereocenters. The molecule has 172 valence electrons. The molecule has 0 fully saturated rings. The lowest BCUT2D eigenvalue weighted by atomic mass is 10.2. The minimum absolute atomic E-state index is 0.0873. The van der Waals surface area contributed by atoms with Crippen molar-refractivity contribution < 1.29 is 36.6 Å². The van der Waals surface area contributed by atoms with E-state index < -0.39 is 33.8 Å². The topological polar surface area (TPSA) is 199 Å². The summed E-state index contributed by atoms with van der Waals surface area (Å²) in [7, 11) is -4.67. The standard InChI is InChI=1S/2C7H14N2O2S.H2O4S/c2*1-7(2,3)11-6(10)9-5(8)12-4;1-5(2,3)4/h2*1-4H3,(H2,8,9,10);(H2,1,2,3,4). The Morgan fingerprint density at radius 2 is 1.00 bits per heavy atom. The maximum absolute atomic E-state index is 10.9. The summed E-state index contributed by atoms with van der Waals surface area (Å²) in [6.07, 6.45) is 2.25. The Labute approximate surface area is 179 Å². The number of carbonyl (C=O) groups excluding carboxylic acids is 2. The highest BCUT2D eigenvalue weighted by atomic mass is 32.3. The van der Waals surface area contributed by atoms with E-state index in [0.29, 0.717) is 0 Å². The maximum atomic E-state index is 10.9. The third-order valence-corrected chi connectivity index (χ3v) is 2.66. The van der Waals surface area contributed by atoms with Crippen molar-refractivity contribution in [1.82, 2.24) is 10.6 Å². The summed E-state index contributed by atoms with van der Waals surface area (Å²) < 4.78 is 41.4. The van der Waals surface area contributed by atoms with Crippen LogP contribution in [-0.2, 0) is 19.9 Å². The van der Waals surface area contributed by atoms with Crippen molar-refractivity contribution in [3.05, 3.63) is 0 Å². The fourth-order valence-electron chi connectivity index (χ4n) is 0.895. The van der Waals surface area contributed by atoms with Crippen LogP contribution in [0.4, 0.5) is 9.59 Å². The lowest BCUT2D eigenvalue weighted by molar-refractivity contribution is 0.0552. The number of hydrogen-bond donors (Lipinski definition) is 6. The number of carbonyl (C=O) groups is 2. The molecule has 0 aromatic rings. The van der Waals surface area contributed by atoms with Crippen molar-refractivity contribution in [2.45, 2.75) is 52.7 Å². The zero-order valence-corrected chi connectivity index (χ0v) is 20.0. The van der Waals surface area contributed by atoms with Crippen molar-refractivity contribution >= 4 is 56.4 Å². The van der Waals surface area contributed by atoms with Crippen molar-refractivity contribution in [1.29, 1.82) is 10.8 Å². The summed E-state index contributed by atoms with van der Waals surface area (Å²) in [5, 5.41) is 19.0. The highest BCUT2D eigenvalue weighted by molar-refractivity contribution is 8.13. The van der Waals surface area contributed by atoms with Gasteiger partial charge in [-0.1, -0.05) is 23.5 Å². The van der Waals surface area contributed by atoms with Gasteiger partial charge < -0.3 is 9.47 Å². The van der Waals surface area contributed by atoms with Crippen LogP contribution in [0.25, 0.3) is 0 Å². The summed E-state index contributed by atoms with van der Waals surface area (Å²) in [6, 6.07) is 0. The Morgan fingerprint density at radius 1 is 0.793 bits per heavy atom. The summed E-state index contributed by atoms with van der Waals surface area (Å²) in [5.74, 6) is 0. The van der Waals surface area contributed by atoms with Crippen LogP contribution in [-0.4, -0.2) is 63.8 Å². The molecule has 0 atom stereocenters. The molecule has 15 heteroatoms. The van der Waals surface area contributed by atoms with E-state index in [1.807, 2.05) is 0 Å². The second-order valence-electron chi connectivity index (χ2n) is 6.77. The van der Waals surface area contributed by atoms with Crippen molar-refractivity contribution in [3.63, 3.8) is 0 Å². The smallest absolute Gasteiger partial charge is 0.413 e. The van der Waals surface area contributed by atoms with Gasteiger partial charge in [0.1, 0.15) is 11.2 Å². The minimum Gasteiger partial charge on any atom is -0.444 e. The third-order valence-electron chi connectivity index (χ3n) is 1.64. The largest absolute Gasteiger partial charge is 0.444 e. The van der Waals surface area contributed by atoms with Gasteiger partial charge in [0.25, 0.3) is 0 Å². The maximum Gasteiger partial charge on any atom is 0.413 e. The Hall–Kier alpha value is -1.55. The second kappa shape index (κ2) is 14.4. The van der Waals surface area contributed by atoms with E-state index in [1.54, 1.807) is 54.1 Å². The number of thioether (sulfide) groups is 2. The second-order valence-corrected chi connectivity index (χ2v) is 9.30. The fourth-order valence-corrected chi connectivity index (χ4v) is 1.27. The van der Waals surface area contributed by atoms with Crippen molar-refractivity contribution in [3.8, 4) is 0 Å². The molecule has 6 N–H and O–H groups in total. The minimum atomic E-state index is -4.67. The van der Waals surface area contributed by atoms with Crippen LogP contribution >= 0.6 is 23.5 Å². The number of rotatable bonds is 0. The number of hydrogen-bond acceptors (Lipinski definition) is 10. The van der Waals surface area contributed by atoms with E-state index >= 15 is 0 Å². The number of ether oxygens (including phenoxy) is 2. The molecule has 0 aromatic heterocycles. The molecule has 0 spiro atoms. The molecule has 0 radical (unpaired) electrons. The molecule has 0 saturated carbocycles. The molecule has 0 aromatic carbocycles. The van der Waals surface area contributed by atoms with E-state index in [-0.39, 0.29) is 10.3 Å². The number of amides is 2. The van der Waals surface area contributed by atoms with Gasteiger partial charge in [0.2, 0.25) is 0 Å². The lowest BCUT2D eigenvalue weighted by Gasteiger charge is -2.19. The molecule has 29 heavy (non-hydrogen) atoms. The van der Waals surface area contributed by atoms with Gasteiger partial charge in [0.05, 0.1) is 0 Å². The fraction of sp³-hybridized carbons (Fsp3) is 0.714. The van der Waals surface area contributed by atoms with Gasteiger partial charge in [-0.05, 0) is 54.1 Å². The zero-order valence-electron chi connectivity index (χ0n) is 17.6. The summed E-state index contributed by atoms with van der Waals surface area (Å²) in [5.41, 5.74) is -1.02. The van der Waals surface area contributed by atoms with Gasteiger partial charge in [-0.3, -0.25) is 30.6 Å². The molecular formula is C14H30N4O8S3. The summed E-state index contributed by atoms with van der Waals surface area (Å²) in [6.45, 7) is 10.6. The molecule has 2 amide bonds. The molecular weight excluding hydrogens is 448 g/mol. The average Bonchev–Trinajstić information content (AvgIpc) is 2.41. The van der Waals surface area contributed by atoms with Gasteiger partial charge in [-0.25, -0.2) is 9.59 Å². The SMILES string of the molecule is CSC(=N)NC(=O)OC(C)(C)C.CSC(=N)NC(=O)OC(C)(C)C.O=S(=O)(O)O. The predicted octanol–water partition coefficient (Wildman–Crippen LogP) is 2.96. The molecule has 0 saturated heterocycles. The van der Waals surface area contributed by atoms with Gasteiger partial charge >= 0.3 is 22.6 Å². The van der Waals surface area contributed by atoms with Crippen LogP contribution in [0.15, 0.2) is 0 Å². The Morgan fingerprint density at radius 3 is 1.14 bits per heavy atom. The van der Waals surface area contributed by atoms with Gasteiger partial charge in [-0.2, -0.15) is 8.42 Å². The highest BCUT2D eigenvalue weighted by Crippen LogP contribution is 2.07. The van der Waals surface area contributed by atoms with E-state index in [2.05, 4.69) is 10.6 Å². The van der Waals surface area contributed by atoms with Crippen LogP contribution in [0.3, 0.4) is 0 Å². The number of alkyl carbamates (subject to hydrolysis) is 2. The molecule has 0 bridgehead atoms. The van der Waals surface area contributed by atoms with Gasteiger partial charge in [-0.15, -0.1) is 0 Å². The molecule has 0 aliphatic carbocycles. The number of nitrogens with one attached hydrogen (secondary N) is 4. The summed E-state index contributed by atoms with van der Waals surface area (Å²) in [4.78, 5) is 21.9. The Kier molecular flexibility index (Phi) is 16.0. The monoisotopic (exact) mass is 478 g/mol. The first-order valence-electron chi connectivity index (χ1n) is 7.65. The Balaban J connectivity index is -0.000000380. The predicted molar refractivity (Wildman–Crippen MR) is 115 cm³/mol.